The fourth-order valence-electron chi connectivity index (χ4n) is 2.24. The van der Waals surface area contributed by atoms with E-state index in [0.717, 1.165) is 31.9 Å². The molecule has 2 heteroatoms. The summed E-state index contributed by atoms with van der Waals surface area (Å²) in [5, 5.41) is 0. The predicted molar refractivity (Wildman–Crippen MR) is 73.1 cm³/mol. The maximum absolute atomic E-state index is 5.81. The van der Waals surface area contributed by atoms with Crippen molar-refractivity contribution in [1.29, 1.82) is 0 Å². The van der Waals surface area contributed by atoms with E-state index >= 15 is 0 Å². The van der Waals surface area contributed by atoms with Gasteiger partial charge in [0.15, 0.2) is 0 Å². The van der Waals surface area contributed by atoms with E-state index in [4.69, 9.17) is 4.74 Å². The van der Waals surface area contributed by atoms with Crippen LogP contribution in [-0.2, 0) is 5.41 Å². The van der Waals surface area contributed by atoms with E-state index in [2.05, 4.69) is 50.8 Å². The molecular formula is C15H23NO. The molecule has 1 heterocycles. The van der Waals surface area contributed by atoms with E-state index in [-0.39, 0.29) is 5.41 Å². The minimum atomic E-state index is 0.195. The number of nitrogens with zero attached hydrogens (tertiary/aromatic N) is 1. The van der Waals surface area contributed by atoms with Crippen molar-refractivity contribution in [2.75, 3.05) is 24.6 Å². The van der Waals surface area contributed by atoms with Crippen molar-refractivity contribution < 1.29 is 4.74 Å². The Morgan fingerprint density at radius 3 is 2.71 bits per heavy atom. The molecule has 94 valence electrons. The second kappa shape index (κ2) is 4.59. The fraction of sp³-hybridized carbons (Fsp3) is 0.600. The molecule has 0 aromatic heterocycles. The van der Waals surface area contributed by atoms with Gasteiger partial charge in [-0.1, -0.05) is 26.8 Å². The van der Waals surface area contributed by atoms with Crippen molar-refractivity contribution in [3.63, 3.8) is 0 Å². The summed E-state index contributed by atoms with van der Waals surface area (Å²) in [5.41, 5.74) is 2.83. The highest BCUT2D eigenvalue weighted by Crippen LogP contribution is 2.35. The molecule has 1 aliphatic heterocycles. The van der Waals surface area contributed by atoms with E-state index in [9.17, 15) is 0 Å². The lowest BCUT2D eigenvalue weighted by molar-refractivity contribution is 0.322. The lowest BCUT2D eigenvalue weighted by atomic mass is 9.86. The highest BCUT2D eigenvalue weighted by Gasteiger charge is 2.20. The van der Waals surface area contributed by atoms with Gasteiger partial charge in [0.25, 0.3) is 0 Å². The number of ether oxygens (including phenoxy) is 1. The summed E-state index contributed by atoms with van der Waals surface area (Å²) >= 11 is 0. The lowest BCUT2D eigenvalue weighted by Crippen LogP contribution is -2.23. The van der Waals surface area contributed by atoms with Gasteiger partial charge in [0.05, 0.1) is 12.3 Å². The van der Waals surface area contributed by atoms with Crippen molar-refractivity contribution in [2.24, 2.45) is 0 Å². The zero-order valence-electron chi connectivity index (χ0n) is 11.4. The van der Waals surface area contributed by atoms with Gasteiger partial charge in [-0.05, 0) is 36.5 Å². The maximum Gasteiger partial charge on any atom is 0.142 e. The first-order chi connectivity index (χ1) is 8.02. The van der Waals surface area contributed by atoms with Crippen LogP contribution in [-0.4, -0.2) is 19.7 Å². The van der Waals surface area contributed by atoms with Crippen molar-refractivity contribution in [3.05, 3.63) is 23.8 Å². The predicted octanol–water partition coefficient (Wildman–Crippen LogP) is 3.59. The molecule has 1 aliphatic rings. The molecule has 0 amide bonds. The highest BCUT2D eigenvalue weighted by atomic mass is 16.5. The SMILES string of the molecule is CCN1CCCOc2ccc(C(C)(C)C)cc21. The standard InChI is InChI=1S/C15H23NO/c1-5-16-9-6-10-17-14-8-7-12(11-13(14)16)15(2,3)4/h7-8,11H,5-6,9-10H2,1-4H3. The Balaban J connectivity index is 2.43. The van der Waals surface area contributed by atoms with Crippen LogP contribution in [0.4, 0.5) is 5.69 Å². The Morgan fingerprint density at radius 1 is 1.29 bits per heavy atom. The van der Waals surface area contributed by atoms with Crippen molar-refractivity contribution >= 4 is 5.69 Å². The molecule has 0 bridgehead atoms. The number of rotatable bonds is 1. The molecule has 0 radical (unpaired) electrons. The summed E-state index contributed by atoms with van der Waals surface area (Å²) in [7, 11) is 0. The van der Waals surface area contributed by atoms with Crippen LogP contribution in [0.15, 0.2) is 18.2 Å². The Kier molecular flexibility index (Phi) is 3.32. The van der Waals surface area contributed by atoms with Crippen LogP contribution >= 0.6 is 0 Å². The van der Waals surface area contributed by atoms with Crippen molar-refractivity contribution in [2.45, 2.75) is 39.5 Å². The van der Waals surface area contributed by atoms with Crippen LogP contribution in [0.1, 0.15) is 39.7 Å². The second-order valence-corrected chi connectivity index (χ2v) is 5.71. The lowest BCUT2D eigenvalue weighted by Gasteiger charge is -2.26. The van der Waals surface area contributed by atoms with Gasteiger partial charge in [-0.15, -0.1) is 0 Å². The van der Waals surface area contributed by atoms with Gasteiger partial charge in [0.1, 0.15) is 5.75 Å². The van der Waals surface area contributed by atoms with Gasteiger partial charge < -0.3 is 9.64 Å². The van der Waals surface area contributed by atoms with E-state index < -0.39 is 0 Å². The average Bonchev–Trinajstić information content (AvgIpc) is 2.48. The van der Waals surface area contributed by atoms with Gasteiger partial charge in [0.2, 0.25) is 0 Å². The van der Waals surface area contributed by atoms with Gasteiger partial charge in [-0.2, -0.15) is 0 Å². The Bertz CT molecular complexity index is 392. The number of hydrogen-bond acceptors (Lipinski definition) is 2. The summed E-state index contributed by atoms with van der Waals surface area (Å²) in [4.78, 5) is 2.41. The Hall–Kier alpha value is -1.18. The summed E-state index contributed by atoms with van der Waals surface area (Å²) < 4.78 is 5.81. The van der Waals surface area contributed by atoms with E-state index in [1.54, 1.807) is 0 Å². The molecule has 0 spiro atoms. The monoisotopic (exact) mass is 233 g/mol. The summed E-state index contributed by atoms with van der Waals surface area (Å²) in [6, 6.07) is 6.62. The number of hydrogen-bond donors (Lipinski definition) is 0. The topological polar surface area (TPSA) is 12.5 Å². The minimum absolute atomic E-state index is 0.195. The average molecular weight is 233 g/mol. The van der Waals surface area contributed by atoms with Gasteiger partial charge in [-0.3, -0.25) is 0 Å². The Labute approximate surface area is 105 Å². The van der Waals surface area contributed by atoms with Gasteiger partial charge in [-0.25, -0.2) is 0 Å². The molecule has 0 N–H and O–H groups in total. The maximum atomic E-state index is 5.81. The van der Waals surface area contributed by atoms with Crippen LogP contribution in [0.2, 0.25) is 0 Å². The quantitative estimate of drug-likeness (QED) is 0.735. The molecule has 17 heavy (non-hydrogen) atoms. The van der Waals surface area contributed by atoms with Crippen LogP contribution in [0.25, 0.3) is 0 Å². The first kappa shape index (κ1) is 12.3. The third kappa shape index (κ3) is 2.56. The van der Waals surface area contributed by atoms with Crippen molar-refractivity contribution in [1.82, 2.24) is 0 Å². The van der Waals surface area contributed by atoms with Gasteiger partial charge in [0, 0.05) is 13.1 Å². The smallest absolute Gasteiger partial charge is 0.142 e. The first-order valence-electron chi connectivity index (χ1n) is 6.54. The third-order valence-corrected chi connectivity index (χ3v) is 3.38. The molecular weight excluding hydrogens is 210 g/mol. The minimum Gasteiger partial charge on any atom is -0.491 e. The fourth-order valence-corrected chi connectivity index (χ4v) is 2.24. The van der Waals surface area contributed by atoms with Crippen LogP contribution in [0.5, 0.6) is 5.75 Å². The Morgan fingerprint density at radius 2 is 2.06 bits per heavy atom. The highest BCUT2D eigenvalue weighted by molar-refractivity contribution is 5.61. The number of fused-ring (bicyclic) bond motifs is 1. The van der Waals surface area contributed by atoms with E-state index in [0.29, 0.717) is 0 Å². The summed E-state index contributed by atoms with van der Waals surface area (Å²) in [6.07, 6.45) is 1.10. The summed E-state index contributed by atoms with van der Waals surface area (Å²) in [6.45, 7) is 11.9. The second-order valence-electron chi connectivity index (χ2n) is 5.71. The third-order valence-electron chi connectivity index (χ3n) is 3.38. The number of benzene rings is 1. The molecule has 2 nitrogen and oxygen atoms in total. The number of anilines is 1. The molecule has 0 saturated heterocycles. The molecule has 1 aromatic rings. The van der Waals surface area contributed by atoms with E-state index in [1.807, 2.05) is 0 Å². The van der Waals surface area contributed by atoms with Gasteiger partial charge >= 0.3 is 0 Å². The first-order valence-corrected chi connectivity index (χ1v) is 6.54. The molecule has 0 aliphatic carbocycles. The largest absolute Gasteiger partial charge is 0.491 e. The molecule has 0 fully saturated rings. The van der Waals surface area contributed by atoms with Crippen molar-refractivity contribution in [3.8, 4) is 5.75 Å². The van der Waals surface area contributed by atoms with Crippen LogP contribution < -0.4 is 9.64 Å². The normalized spacial score (nSPS) is 16.1. The van der Waals surface area contributed by atoms with Crippen LogP contribution in [0.3, 0.4) is 0 Å². The molecule has 1 aromatic carbocycles. The molecule has 0 atom stereocenters. The van der Waals surface area contributed by atoms with Crippen LogP contribution in [0, 0.1) is 0 Å². The zero-order chi connectivity index (χ0) is 12.5. The summed E-state index contributed by atoms with van der Waals surface area (Å²) in [5.74, 6) is 1.04. The van der Waals surface area contributed by atoms with E-state index in [1.165, 1.54) is 11.3 Å². The molecule has 0 saturated carbocycles. The molecule has 0 unspecified atom stereocenters. The molecule has 2 rings (SSSR count). The zero-order valence-corrected chi connectivity index (χ0v) is 11.4.